The van der Waals surface area contributed by atoms with Gasteiger partial charge in [-0.1, -0.05) is 27.7 Å². The molecule has 1 aromatic rings. The number of nitrogens with zero attached hydrogens (tertiary/aromatic N) is 2. The maximum Gasteiger partial charge on any atom is 0.191 e. The topological polar surface area (TPSA) is 58.5 Å². The average Bonchev–Trinajstić information content (AvgIpc) is 2.97. The maximum absolute atomic E-state index is 5.58. The summed E-state index contributed by atoms with van der Waals surface area (Å²) >= 11 is 1.68. The van der Waals surface area contributed by atoms with Crippen LogP contribution in [0.2, 0.25) is 0 Å². The minimum Gasteiger partial charge on any atom is -0.381 e. The zero-order valence-electron chi connectivity index (χ0n) is 15.2. The van der Waals surface area contributed by atoms with E-state index in [1.807, 2.05) is 0 Å². The van der Waals surface area contributed by atoms with E-state index in [4.69, 9.17) is 4.74 Å². The van der Waals surface area contributed by atoms with Crippen molar-refractivity contribution in [3.05, 3.63) is 16.1 Å². The summed E-state index contributed by atoms with van der Waals surface area (Å²) in [5.41, 5.74) is 1.15. The Hall–Kier alpha value is -1.14. The average molecular weight is 341 g/mol. The molecule has 5 nitrogen and oxygen atoms in total. The zero-order chi connectivity index (χ0) is 17.1. The monoisotopic (exact) mass is 340 g/mol. The number of aromatic nitrogens is 1. The lowest BCUT2D eigenvalue weighted by atomic mass is 10.2. The van der Waals surface area contributed by atoms with Gasteiger partial charge < -0.3 is 15.4 Å². The van der Waals surface area contributed by atoms with Gasteiger partial charge in [-0.3, -0.25) is 0 Å². The second-order valence-corrected chi connectivity index (χ2v) is 7.21. The first-order valence-corrected chi connectivity index (χ1v) is 9.45. The SMILES string of the molecule is CCNC(=NCc1nc(C(C)C)cs1)NCCCOCC(C)C. The van der Waals surface area contributed by atoms with Gasteiger partial charge in [-0.2, -0.15) is 0 Å². The highest BCUT2D eigenvalue weighted by molar-refractivity contribution is 7.09. The van der Waals surface area contributed by atoms with E-state index in [1.165, 1.54) is 0 Å². The normalized spacial score (nSPS) is 12.2. The number of rotatable bonds is 10. The molecular weight excluding hydrogens is 308 g/mol. The fourth-order valence-electron chi connectivity index (χ4n) is 1.85. The molecule has 0 saturated heterocycles. The molecule has 1 rings (SSSR count). The molecular formula is C17H32N4OS. The predicted molar refractivity (Wildman–Crippen MR) is 99.3 cm³/mol. The molecule has 2 N–H and O–H groups in total. The van der Waals surface area contributed by atoms with Crippen LogP contribution in [0.4, 0.5) is 0 Å². The van der Waals surface area contributed by atoms with Crippen molar-refractivity contribution in [1.82, 2.24) is 15.6 Å². The minimum absolute atomic E-state index is 0.473. The van der Waals surface area contributed by atoms with Crippen molar-refractivity contribution < 1.29 is 4.74 Å². The van der Waals surface area contributed by atoms with Crippen molar-refractivity contribution >= 4 is 17.3 Å². The largest absolute Gasteiger partial charge is 0.381 e. The molecule has 1 aromatic heterocycles. The summed E-state index contributed by atoms with van der Waals surface area (Å²) in [6.07, 6.45) is 0.978. The van der Waals surface area contributed by atoms with E-state index in [9.17, 15) is 0 Å². The number of ether oxygens (including phenoxy) is 1. The highest BCUT2D eigenvalue weighted by Crippen LogP contribution is 2.18. The molecule has 0 aliphatic carbocycles. The molecule has 0 fully saturated rings. The second kappa shape index (κ2) is 11.4. The van der Waals surface area contributed by atoms with Gasteiger partial charge in [0.15, 0.2) is 5.96 Å². The molecule has 6 heteroatoms. The first-order valence-electron chi connectivity index (χ1n) is 8.57. The van der Waals surface area contributed by atoms with E-state index in [0.717, 1.165) is 49.4 Å². The summed E-state index contributed by atoms with van der Waals surface area (Å²) in [6.45, 7) is 14.7. The van der Waals surface area contributed by atoms with Gasteiger partial charge in [-0.25, -0.2) is 9.98 Å². The van der Waals surface area contributed by atoms with Crippen LogP contribution in [-0.4, -0.2) is 37.2 Å². The standard InChI is InChI=1S/C17H32N4OS/c1-6-18-17(19-8-7-9-22-11-13(2)3)20-10-16-21-15(12-23-16)14(4)5/h12-14H,6-11H2,1-5H3,(H2,18,19,20). The highest BCUT2D eigenvalue weighted by Gasteiger charge is 2.05. The van der Waals surface area contributed by atoms with Gasteiger partial charge in [0.1, 0.15) is 5.01 Å². The van der Waals surface area contributed by atoms with E-state index < -0.39 is 0 Å². The molecule has 0 aliphatic heterocycles. The molecule has 0 aliphatic rings. The van der Waals surface area contributed by atoms with Gasteiger partial charge in [0.05, 0.1) is 12.2 Å². The molecule has 0 amide bonds. The smallest absolute Gasteiger partial charge is 0.191 e. The van der Waals surface area contributed by atoms with Crippen LogP contribution in [0, 0.1) is 5.92 Å². The molecule has 132 valence electrons. The first kappa shape index (κ1) is 19.9. The van der Waals surface area contributed by atoms with Crippen LogP contribution < -0.4 is 10.6 Å². The molecule has 0 spiro atoms. The summed E-state index contributed by atoms with van der Waals surface area (Å²) in [5.74, 6) is 1.91. The number of hydrogen-bond donors (Lipinski definition) is 2. The van der Waals surface area contributed by atoms with Crippen LogP contribution in [0.5, 0.6) is 0 Å². The fourth-order valence-corrected chi connectivity index (χ4v) is 2.73. The predicted octanol–water partition coefficient (Wildman–Crippen LogP) is 3.38. The van der Waals surface area contributed by atoms with Crippen LogP contribution in [0.15, 0.2) is 10.4 Å². The Bertz CT molecular complexity index is 457. The minimum atomic E-state index is 0.473. The van der Waals surface area contributed by atoms with Crippen LogP contribution >= 0.6 is 11.3 Å². The van der Waals surface area contributed by atoms with Crippen LogP contribution in [0.25, 0.3) is 0 Å². The van der Waals surface area contributed by atoms with Gasteiger partial charge in [-0.15, -0.1) is 11.3 Å². The van der Waals surface area contributed by atoms with E-state index in [2.05, 4.69) is 60.6 Å². The number of thiazole rings is 1. The molecule has 0 bridgehead atoms. The Kier molecular flexibility index (Phi) is 9.87. The molecule has 1 heterocycles. The van der Waals surface area contributed by atoms with Gasteiger partial charge >= 0.3 is 0 Å². The maximum atomic E-state index is 5.58. The Balaban J connectivity index is 2.34. The van der Waals surface area contributed by atoms with Crippen molar-refractivity contribution in [1.29, 1.82) is 0 Å². The third-order valence-electron chi connectivity index (χ3n) is 3.09. The van der Waals surface area contributed by atoms with Gasteiger partial charge in [0, 0.05) is 31.7 Å². The Morgan fingerprint density at radius 3 is 2.70 bits per heavy atom. The zero-order valence-corrected chi connectivity index (χ0v) is 16.0. The summed E-state index contributed by atoms with van der Waals surface area (Å²) in [5, 5.41) is 9.80. The van der Waals surface area contributed by atoms with Gasteiger partial charge in [-0.05, 0) is 25.2 Å². The Morgan fingerprint density at radius 1 is 1.30 bits per heavy atom. The number of guanidine groups is 1. The summed E-state index contributed by atoms with van der Waals surface area (Å²) in [7, 11) is 0. The van der Waals surface area contributed by atoms with Crippen molar-refractivity contribution in [3.63, 3.8) is 0 Å². The van der Waals surface area contributed by atoms with Crippen LogP contribution in [0.3, 0.4) is 0 Å². The highest BCUT2D eigenvalue weighted by atomic mass is 32.1. The third kappa shape index (κ3) is 8.91. The van der Waals surface area contributed by atoms with E-state index in [0.29, 0.717) is 18.4 Å². The molecule has 0 saturated carbocycles. The third-order valence-corrected chi connectivity index (χ3v) is 3.94. The van der Waals surface area contributed by atoms with E-state index in [-0.39, 0.29) is 0 Å². The summed E-state index contributed by atoms with van der Waals surface area (Å²) in [4.78, 5) is 9.22. The summed E-state index contributed by atoms with van der Waals surface area (Å²) < 4.78 is 5.58. The number of aliphatic imine (C=N–C) groups is 1. The molecule has 0 unspecified atom stereocenters. The first-order chi connectivity index (χ1) is 11.0. The number of nitrogens with one attached hydrogen (secondary N) is 2. The van der Waals surface area contributed by atoms with Crippen LogP contribution in [-0.2, 0) is 11.3 Å². The van der Waals surface area contributed by atoms with Crippen LogP contribution in [0.1, 0.15) is 57.7 Å². The van der Waals surface area contributed by atoms with Gasteiger partial charge in [0.25, 0.3) is 0 Å². The Labute approximate surface area is 145 Å². The van der Waals surface area contributed by atoms with Crippen molar-refractivity contribution in [2.24, 2.45) is 10.9 Å². The molecule has 0 aromatic carbocycles. The molecule has 0 radical (unpaired) electrons. The molecule has 23 heavy (non-hydrogen) atoms. The quantitative estimate of drug-likeness (QED) is 0.389. The van der Waals surface area contributed by atoms with Gasteiger partial charge in [0.2, 0.25) is 0 Å². The van der Waals surface area contributed by atoms with Crippen molar-refractivity contribution in [2.75, 3.05) is 26.3 Å². The summed E-state index contributed by atoms with van der Waals surface area (Å²) in [6, 6.07) is 0. The fraction of sp³-hybridized carbons (Fsp3) is 0.765. The Morgan fingerprint density at radius 2 is 2.09 bits per heavy atom. The lowest BCUT2D eigenvalue weighted by Gasteiger charge is -2.11. The lowest BCUT2D eigenvalue weighted by Crippen LogP contribution is -2.38. The molecule has 0 atom stereocenters. The lowest BCUT2D eigenvalue weighted by molar-refractivity contribution is 0.108. The van der Waals surface area contributed by atoms with E-state index >= 15 is 0 Å². The van der Waals surface area contributed by atoms with Crippen molar-refractivity contribution in [2.45, 2.75) is 53.5 Å². The second-order valence-electron chi connectivity index (χ2n) is 6.27. The van der Waals surface area contributed by atoms with Crippen molar-refractivity contribution in [3.8, 4) is 0 Å². The van der Waals surface area contributed by atoms with E-state index in [1.54, 1.807) is 11.3 Å². The number of hydrogen-bond acceptors (Lipinski definition) is 4.